The number of nitrogens with zero attached hydrogens (tertiary/aromatic N) is 3. The fourth-order valence-electron chi connectivity index (χ4n) is 2.92. The van der Waals surface area contributed by atoms with E-state index in [1.54, 1.807) is 23.1 Å². The van der Waals surface area contributed by atoms with Crippen molar-refractivity contribution in [2.45, 2.75) is 6.18 Å². The summed E-state index contributed by atoms with van der Waals surface area (Å²) in [6.07, 6.45) is -4.45. The summed E-state index contributed by atoms with van der Waals surface area (Å²) >= 11 is 0. The molecule has 1 aliphatic heterocycles. The lowest BCUT2D eigenvalue weighted by Gasteiger charge is -2.36. The molecule has 0 bridgehead atoms. The summed E-state index contributed by atoms with van der Waals surface area (Å²) in [7, 11) is 0. The van der Waals surface area contributed by atoms with Crippen LogP contribution in [-0.4, -0.2) is 37.1 Å². The second kappa shape index (κ2) is 7.58. The molecule has 3 rings (SSSR count). The summed E-state index contributed by atoms with van der Waals surface area (Å²) in [4.78, 5) is 16.0. The third-order valence-corrected chi connectivity index (χ3v) is 4.35. The van der Waals surface area contributed by atoms with Crippen molar-refractivity contribution in [3.05, 3.63) is 59.7 Å². The van der Waals surface area contributed by atoms with Crippen molar-refractivity contribution >= 4 is 17.4 Å². The van der Waals surface area contributed by atoms with Crippen LogP contribution in [0.25, 0.3) is 0 Å². The number of amides is 2. The van der Waals surface area contributed by atoms with E-state index in [9.17, 15) is 18.0 Å². The highest BCUT2D eigenvalue weighted by atomic mass is 19.4. The van der Waals surface area contributed by atoms with E-state index in [2.05, 4.69) is 16.3 Å². The van der Waals surface area contributed by atoms with Gasteiger partial charge in [-0.1, -0.05) is 12.1 Å². The molecule has 0 atom stereocenters. The van der Waals surface area contributed by atoms with Gasteiger partial charge in [0.1, 0.15) is 0 Å². The number of rotatable bonds is 2. The molecular weight excluding hydrogens is 357 g/mol. The van der Waals surface area contributed by atoms with Crippen molar-refractivity contribution < 1.29 is 18.0 Å². The van der Waals surface area contributed by atoms with Gasteiger partial charge in [0.05, 0.1) is 17.2 Å². The maximum Gasteiger partial charge on any atom is 0.416 e. The lowest BCUT2D eigenvalue weighted by molar-refractivity contribution is -0.137. The maximum absolute atomic E-state index is 12.8. The minimum Gasteiger partial charge on any atom is -0.368 e. The topological polar surface area (TPSA) is 59.4 Å². The Labute approximate surface area is 154 Å². The molecule has 1 fully saturated rings. The zero-order chi connectivity index (χ0) is 19.4. The van der Waals surface area contributed by atoms with Crippen LogP contribution < -0.4 is 10.2 Å². The quantitative estimate of drug-likeness (QED) is 0.867. The molecule has 27 heavy (non-hydrogen) atoms. The van der Waals surface area contributed by atoms with Crippen LogP contribution in [-0.2, 0) is 6.18 Å². The normalized spacial score (nSPS) is 14.6. The van der Waals surface area contributed by atoms with E-state index in [0.717, 1.165) is 17.8 Å². The van der Waals surface area contributed by atoms with E-state index in [1.165, 1.54) is 12.1 Å². The Bertz CT molecular complexity index is 868. The number of urea groups is 1. The predicted octanol–water partition coefficient (Wildman–Crippen LogP) is 3.93. The Morgan fingerprint density at radius 3 is 2.41 bits per heavy atom. The van der Waals surface area contributed by atoms with Gasteiger partial charge >= 0.3 is 12.2 Å². The van der Waals surface area contributed by atoms with Crippen LogP contribution in [0.2, 0.25) is 0 Å². The Morgan fingerprint density at radius 1 is 1.04 bits per heavy atom. The first-order chi connectivity index (χ1) is 12.9. The molecule has 0 saturated carbocycles. The molecule has 0 aliphatic carbocycles. The van der Waals surface area contributed by atoms with Crippen LogP contribution in [0.3, 0.4) is 0 Å². The van der Waals surface area contributed by atoms with Crippen molar-refractivity contribution in [1.82, 2.24) is 4.90 Å². The molecule has 1 heterocycles. The van der Waals surface area contributed by atoms with Crippen molar-refractivity contribution in [1.29, 1.82) is 5.26 Å². The maximum atomic E-state index is 12.8. The first kappa shape index (κ1) is 18.6. The largest absolute Gasteiger partial charge is 0.416 e. The number of anilines is 2. The van der Waals surface area contributed by atoms with Crippen molar-refractivity contribution in [3.8, 4) is 6.07 Å². The Morgan fingerprint density at radius 2 is 1.74 bits per heavy atom. The lowest BCUT2D eigenvalue weighted by atomic mass is 10.2. The smallest absolute Gasteiger partial charge is 0.368 e. The van der Waals surface area contributed by atoms with Gasteiger partial charge in [0.25, 0.3) is 0 Å². The van der Waals surface area contributed by atoms with Crippen LogP contribution in [0, 0.1) is 11.3 Å². The molecule has 2 amide bonds. The van der Waals surface area contributed by atoms with Gasteiger partial charge in [0, 0.05) is 37.6 Å². The van der Waals surface area contributed by atoms with Crippen LogP contribution >= 0.6 is 0 Å². The van der Waals surface area contributed by atoms with Crippen LogP contribution in [0.4, 0.5) is 29.3 Å². The van der Waals surface area contributed by atoms with Gasteiger partial charge in [-0.05, 0) is 36.4 Å². The number of alkyl halides is 3. The van der Waals surface area contributed by atoms with Crippen molar-refractivity contribution in [2.24, 2.45) is 0 Å². The zero-order valence-corrected chi connectivity index (χ0v) is 14.3. The monoisotopic (exact) mass is 374 g/mol. The molecule has 0 radical (unpaired) electrons. The number of halogens is 3. The fourth-order valence-corrected chi connectivity index (χ4v) is 2.92. The van der Waals surface area contributed by atoms with Gasteiger partial charge in [-0.3, -0.25) is 0 Å². The fraction of sp³-hybridized carbons (Fsp3) is 0.263. The second-order valence-corrected chi connectivity index (χ2v) is 6.14. The minimum atomic E-state index is -4.45. The molecule has 2 aromatic rings. The van der Waals surface area contributed by atoms with Crippen molar-refractivity contribution in [3.63, 3.8) is 0 Å². The highest BCUT2D eigenvalue weighted by Gasteiger charge is 2.30. The first-order valence-electron chi connectivity index (χ1n) is 8.35. The number of nitriles is 1. The molecule has 8 heteroatoms. The summed E-state index contributed by atoms with van der Waals surface area (Å²) in [6, 6.07) is 13.5. The standard InChI is InChI=1S/C19H17F3N4O/c20-19(21,22)15-4-2-5-16(12-15)24-18(27)26-9-7-25(8-10-26)17-6-1-3-14(11-17)13-23/h1-6,11-12H,7-10H2,(H,24,27). The van der Waals surface area contributed by atoms with Gasteiger partial charge in [-0.2, -0.15) is 18.4 Å². The van der Waals surface area contributed by atoms with E-state index in [0.29, 0.717) is 31.7 Å². The van der Waals surface area contributed by atoms with Crippen molar-refractivity contribution in [2.75, 3.05) is 36.4 Å². The summed E-state index contributed by atoms with van der Waals surface area (Å²) in [5, 5.41) is 11.5. The summed E-state index contributed by atoms with van der Waals surface area (Å²) < 4.78 is 38.3. The molecule has 1 aliphatic rings. The van der Waals surface area contributed by atoms with Crippen LogP contribution in [0.15, 0.2) is 48.5 Å². The van der Waals surface area contributed by atoms with E-state index >= 15 is 0 Å². The van der Waals surface area contributed by atoms with Gasteiger partial charge < -0.3 is 15.1 Å². The Kier molecular flexibility index (Phi) is 5.21. The number of benzene rings is 2. The number of piperazine rings is 1. The third kappa shape index (κ3) is 4.50. The van der Waals surface area contributed by atoms with E-state index in [4.69, 9.17) is 5.26 Å². The van der Waals surface area contributed by atoms with Gasteiger partial charge in [0.15, 0.2) is 0 Å². The molecule has 5 nitrogen and oxygen atoms in total. The summed E-state index contributed by atoms with van der Waals surface area (Å²) in [5.41, 5.74) is 0.783. The molecule has 0 aromatic heterocycles. The van der Waals surface area contributed by atoms with E-state index in [-0.39, 0.29) is 5.69 Å². The van der Waals surface area contributed by atoms with E-state index < -0.39 is 17.8 Å². The number of hydrogen-bond acceptors (Lipinski definition) is 3. The number of carbonyl (C=O) groups is 1. The predicted molar refractivity (Wildman–Crippen MR) is 95.4 cm³/mol. The third-order valence-electron chi connectivity index (χ3n) is 4.35. The molecular formula is C19H17F3N4O. The van der Waals surface area contributed by atoms with Gasteiger partial charge in [0.2, 0.25) is 0 Å². The molecule has 0 unspecified atom stereocenters. The lowest BCUT2D eigenvalue weighted by Crippen LogP contribution is -2.50. The summed E-state index contributed by atoms with van der Waals surface area (Å²) in [6.45, 7) is 2.01. The Balaban J connectivity index is 1.60. The highest BCUT2D eigenvalue weighted by Crippen LogP contribution is 2.30. The SMILES string of the molecule is N#Cc1cccc(N2CCN(C(=O)Nc3cccc(C(F)(F)F)c3)CC2)c1. The number of nitrogens with one attached hydrogen (secondary N) is 1. The van der Waals surface area contributed by atoms with Gasteiger partial charge in [-0.25, -0.2) is 4.79 Å². The molecule has 1 N–H and O–H groups in total. The second-order valence-electron chi connectivity index (χ2n) is 6.14. The average Bonchev–Trinajstić information content (AvgIpc) is 2.67. The number of carbonyl (C=O) groups excluding carboxylic acids is 1. The molecule has 0 spiro atoms. The Hall–Kier alpha value is -3.21. The van der Waals surface area contributed by atoms with Gasteiger partial charge in [-0.15, -0.1) is 0 Å². The molecule has 1 saturated heterocycles. The molecule has 2 aromatic carbocycles. The highest BCUT2D eigenvalue weighted by molar-refractivity contribution is 5.89. The average molecular weight is 374 g/mol. The molecule has 140 valence electrons. The van der Waals surface area contributed by atoms with E-state index in [1.807, 2.05) is 6.07 Å². The zero-order valence-electron chi connectivity index (χ0n) is 14.3. The summed E-state index contributed by atoms with van der Waals surface area (Å²) in [5.74, 6) is 0. The number of hydrogen-bond donors (Lipinski definition) is 1. The minimum absolute atomic E-state index is 0.110. The first-order valence-corrected chi connectivity index (χ1v) is 8.35. The van der Waals surface area contributed by atoms with Crippen LogP contribution in [0.1, 0.15) is 11.1 Å². The van der Waals surface area contributed by atoms with Crippen LogP contribution in [0.5, 0.6) is 0 Å².